The largest absolute Gasteiger partial charge is 0.375 e. The van der Waals surface area contributed by atoms with Gasteiger partial charge in [-0.05, 0) is 46.0 Å². The number of carbonyl (C=O) groups is 1. The summed E-state index contributed by atoms with van der Waals surface area (Å²) in [4.78, 5) is 17.7. The predicted octanol–water partition coefficient (Wildman–Crippen LogP) is 1.12. The minimum Gasteiger partial charge on any atom is -0.375 e. The number of amides is 1. The van der Waals surface area contributed by atoms with Crippen LogP contribution in [0.5, 0.6) is 0 Å². The number of guanidine groups is 1. The fourth-order valence-electron chi connectivity index (χ4n) is 2.96. The highest BCUT2D eigenvalue weighted by Crippen LogP contribution is 2.42. The Morgan fingerprint density at radius 3 is 2.68 bits per heavy atom. The molecule has 1 amide bonds. The van der Waals surface area contributed by atoms with E-state index in [1.807, 2.05) is 0 Å². The van der Waals surface area contributed by atoms with Crippen LogP contribution in [0, 0.1) is 0 Å². The zero-order chi connectivity index (χ0) is 16.2. The highest BCUT2D eigenvalue weighted by atomic mass is 16.5. The minimum atomic E-state index is 0.00676. The molecule has 0 radical (unpaired) electrons. The smallest absolute Gasteiger partial charge is 0.243 e. The molecule has 0 aromatic carbocycles. The van der Waals surface area contributed by atoms with Crippen LogP contribution in [-0.2, 0) is 9.53 Å². The molecule has 1 aliphatic heterocycles. The van der Waals surface area contributed by atoms with Crippen molar-refractivity contribution in [2.24, 2.45) is 4.99 Å². The summed E-state index contributed by atoms with van der Waals surface area (Å²) in [5.41, 5.74) is 0.109. The van der Waals surface area contributed by atoms with Crippen LogP contribution in [0.15, 0.2) is 4.99 Å². The molecular weight excluding hydrogens is 280 g/mol. The Hall–Kier alpha value is -1.30. The normalized spacial score (nSPS) is 24.0. The van der Waals surface area contributed by atoms with E-state index >= 15 is 0 Å². The highest BCUT2D eigenvalue weighted by molar-refractivity contribution is 5.85. The van der Waals surface area contributed by atoms with Crippen molar-refractivity contribution in [3.8, 4) is 0 Å². The van der Waals surface area contributed by atoms with Crippen LogP contribution < -0.4 is 10.6 Å². The zero-order valence-corrected chi connectivity index (χ0v) is 14.3. The van der Waals surface area contributed by atoms with Gasteiger partial charge in [0.05, 0.1) is 5.60 Å². The maximum absolute atomic E-state index is 11.7. The van der Waals surface area contributed by atoms with Crippen molar-refractivity contribution in [2.75, 3.05) is 27.2 Å². The van der Waals surface area contributed by atoms with Crippen molar-refractivity contribution in [1.82, 2.24) is 15.5 Å². The molecule has 2 N–H and O–H groups in total. The van der Waals surface area contributed by atoms with E-state index in [4.69, 9.17) is 4.74 Å². The number of carbonyl (C=O) groups excluding carboxylic acids is 1. The summed E-state index contributed by atoms with van der Waals surface area (Å²) in [6, 6.07) is 0.645. The van der Waals surface area contributed by atoms with E-state index in [1.54, 1.807) is 19.0 Å². The standard InChI is InChI=1S/C16H30N4O2/c1-12(2)18-15(17-11-14(21)20(3)4)19-13-6-9-22-16(10-13)7-5-8-16/h12-13H,5-11H2,1-4H3,(H2,17,18,19). The van der Waals surface area contributed by atoms with Crippen molar-refractivity contribution in [1.29, 1.82) is 0 Å². The fraction of sp³-hybridized carbons (Fsp3) is 0.875. The van der Waals surface area contributed by atoms with Gasteiger partial charge in [-0.25, -0.2) is 4.99 Å². The van der Waals surface area contributed by atoms with E-state index in [2.05, 4.69) is 29.5 Å². The number of rotatable bonds is 4. The molecule has 2 fully saturated rings. The van der Waals surface area contributed by atoms with Gasteiger partial charge in [0.25, 0.3) is 0 Å². The number of nitrogens with one attached hydrogen (secondary N) is 2. The summed E-state index contributed by atoms with van der Waals surface area (Å²) >= 11 is 0. The van der Waals surface area contributed by atoms with Gasteiger partial charge in [0, 0.05) is 32.8 Å². The predicted molar refractivity (Wildman–Crippen MR) is 88.0 cm³/mol. The molecule has 126 valence electrons. The molecule has 0 bridgehead atoms. The van der Waals surface area contributed by atoms with Gasteiger partial charge in [-0.15, -0.1) is 0 Å². The van der Waals surface area contributed by atoms with Crippen LogP contribution in [0.25, 0.3) is 0 Å². The first-order valence-electron chi connectivity index (χ1n) is 8.32. The Morgan fingerprint density at radius 2 is 2.14 bits per heavy atom. The summed E-state index contributed by atoms with van der Waals surface area (Å²) in [5, 5.41) is 6.81. The van der Waals surface area contributed by atoms with Gasteiger partial charge >= 0.3 is 0 Å². The molecule has 1 unspecified atom stereocenters. The van der Waals surface area contributed by atoms with Crippen LogP contribution in [0.4, 0.5) is 0 Å². The van der Waals surface area contributed by atoms with E-state index < -0.39 is 0 Å². The third kappa shape index (κ3) is 4.60. The molecule has 22 heavy (non-hydrogen) atoms. The van der Waals surface area contributed by atoms with Crippen molar-refractivity contribution in [3.05, 3.63) is 0 Å². The fourth-order valence-corrected chi connectivity index (χ4v) is 2.96. The maximum atomic E-state index is 11.7. The lowest BCUT2D eigenvalue weighted by molar-refractivity contribution is -0.134. The van der Waals surface area contributed by atoms with E-state index in [1.165, 1.54) is 19.3 Å². The van der Waals surface area contributed by atoms with Crippen molar-refractivity contribution in [3.63, 3.8) is 0 Å². The first-order chi connectivity index (χ1) is 10.4. The second-order valence-corrected chi connectivity index (χ2v) is 6.97. The van der Waals surface area contributed by atoms with Gasteiger partial charge in [0.15, 0.2) is 5.96 Å². The van der Waals surface area contributed by atoms with Crippen LogP contribution in [0.1, 0.15) is 46.0 Å². The van der Waals surface area contributed by atoms with Crippen LogP contribution in [0.2, 0.25) is 0 Å². The second-order valence-electron chi connectivity index (χ2n) is 6.97. The first-order valence-corrected chi connectivity index (χ1v) is 8.32. The van der Waals surface area contributed by atoms with Gasteiger partial charge in [0.1, 0.15) is 6.54 Å². The average Bonchev–Trinajstić information content (AvgIpc) is 2.42. The number of aliphatic imine (C=N–C) groups is 1. The molecule has 1 spiro atoms. The lowest BCUT2D eigenvalue weighted by atomic mass is 9.74. The third-order valence-corrected chi connectivity index (χ3v) is 4.40. The van der Waals surface area contributed by atoms with Crippen molar-refractivity contribution in [2.45, 2.75) is 63.6 Å². The Labute approximate surface area is 133 Å². The summed E-state index contributed by atoms with van der Waals surface area (Å²) in [6.07, 6.45) is 5.65. The average molecular weight is 310 g/mol. The zero-order valence-electron chi connectivity index (χ0n) is 14.3. The van der Waals surface area contributed by atoms with Crippen LogP contribution in [-0.4, -0.2) is 61.7 Å². The van der Waals surface area contributed by atoms with Gasteiger partial charge in [0.2, 0.25) is 5.91 Å². The van der Waals surface area contributed by atoms with Gasteiger partial charge < -0.3 is 20.3 Å². The Balaban J connectivity index is 1.93. The molecule has 1 heterocycles. The Bertz CT molecular complexity index is 416. The molecular formula is C16H30N4O2. The monoisotopic (exact) mass is 310 g/mol. The summed E-state index contributed by atoms with van der Waals surface area (Å²) in [7, 11) is 3.50. The van der Waals surface area contributed by atoms with Crippen LogP contribution >= 0.6 is 0 Å². The van der Waals surface area contributed by atoms with Gasteiger partial charge in [-0.2, -0.15) is 0 Å². The summed E-state index contributed by atoms with van der Waals surface area (Å²) < 4.78 is 5.96. The van der Waals surface area contributed by atoms with E-state index in [0.717, 1.165) is 25.4 Å². The van der Waals surface area contributed by atoms with E-state index in [9.17, 15) is 4.79 Å². The third-order valence-electron chi connectivity index (χ3n) is 4.40. The number of nitrogens with zero attached hydrogens (tertiary/aromatic N) is 2. The summed E-state index contributed by atoms with van der Waals surface area (Å²) in [6.45, 7) is 5.12. The SMILES string of the molecule is CC(C)NC(=NCC(=O)N(C)C)NC1CCOC2(CCC2)C1. The minimum absolute atomic E-state index is 0.00676. The molecule has 2 aliphatic rings. The number of hydrogen-bond acceptors (Lipinski definition) is 3. The van der Waals surface area contributed by atoms with E-state index in [-0.39, 0.29) is 24.1 Å². The Kier molecular flexibility index (Phi) is 5.67. The van der Waals surface area contributed by atoms with Crippen molar-refractivity contribution >= 4 is 11.9 Å². The molecule has 6 heteroatoms. The lowest BCUT2D eigenvalue weighted by Gasteiger charge is -2.47. The highest BCUT2D eigenvalue weighted by Gasteiger charge is 2.42. The molecule has 6 nitrogen and oxygen atoms in total. The maximum Gasteiger partial charge on any atom is 0.243 e. The number of likely N-dealkylation sites (N-methyl/N-ethyl adjacent to an activating group) is 1. The molecule has 2 rings (SSSR count). The topological polar surface area (TPSA) is 66.0 Å². The van der Waals surface area contributed by atoms with Gasteiger partial charge in [-0.1, -0.05) is 0 Å². The molecule has 1 saturated heterocycles. The first kappa shape index (κ1) is 17.1. The summed E-state index contributed by atoms with van der Waals surface area (Å²) in [5.74, 6) is 0.735. The lowest BCUT2D eigenvalue weighted by Crippen LogP contribution is -2.54. The molecule has 0 aromatic rings. The molecule has 0 aromatic heterocycles. The number of ether oxygens (including phenoxy) is 1. The van der Waals surface area contributed by atoms with Gasteiger partial charge in [-0.3, -0.25) is 4.79 Å². The van der Waals surface area contributed by atoms with Crippen molar-refractivity contribution < 1.29 is 9.53 Å². The molecule has 1 saturated carbocycles. The second kappa shape index (κ2) is 7.31. The number of hydrogen-bond donors (Lipinski definition) is 2. The Morgan fingerprint density at radius 1 is 1.41 bits per heavy atom. The van der Waals surface area contributed by atoms with E-state index in [0.29, 0.717) is 6.04 Å². The van der Waals surface area contributed by atoms with Crippen LogP contribution in [0.3, 0.4) is 0 Å². The molecule has 1 atom stereocenters. The molecule has 1 aliphatic carbocycles. The quantitative estimate of drug-likeness (QED) is 0.603.